The van der Waals surface area contributed by atoms with Crippen molar-refractivity contribution in [2.75, 3.05) is 31.2 Å². The number of benzene rings is 3. The number of aliphatic hydroxyl groups excluding tert-OH is 1. The Kier molecular flexibility index (Phi) is 8.55. The second kappa shape index (κ2) is 12.1. The Bertz CT molecular complexity index is 1510. The van der Waals surface area contributed by atoms with E-state index in [0.717, 1.165) is 23.6 Å². The molecule has 0 radical (unpaired) electrons. The number of carbonyl (C=O) groups excluding carboxylic acids is 3. The minimum atomic E-state index is -4.04. The molecule has 210 valence electrons. The molecular weight excluding hydrogens is 550 g/mol. The van der Waals surface area contributed by atoms with Gasteiger partial charge in [0.25, 0.3) is 11.8 Å². The first-order valence-electron chi connectivity index (χ1n) is 13.3. The number of hydrogen-bond donors (Lipinski definition) is 2. The van der Waals surface area contributed by atoms with Crippen LogP contribution in [0.15, 0.2) is 71.6 Å². The van der Waals surface area contributed by atoms with Crippen molar-refractivity contribution in [2.24, 2.45) is 0 Å². The van der Waals surface area contributed by atoms with Gasteiger partial charge in [0.1, 0.15) is 6.04 Å². The number of aliphatic hydroxyl groups is 1. The summed E-state index contributed by atoms with van der Waals surface area (Å²) in [6.45, 7) is 0.172. The summed E-state index contributed by atoms with van der Waals surface area (Å²) in [6.07, 6.45) is 2.20. The van der Waals surface area contributed by atoms with Crippen LogP contribution in [-0.4, -0.2) is 84.3 Å². The molecule has 2 aliphatic rings. The number of thioether (sulfide) groups is 1. The number of nitrogens with zero attached hydrogens (tertiary/aromatic N) is 2. The zero-order valence-corrected chi connectivity index (χ0v) is 23.5. The fraction of sp³-hybridized carbons (Fsp3) is 0.345. The quantitative estimate of drug-likeness (QED) is 0.264. The van der Waals surface area contributed by atoms with Crippen LogP contribution in [0.4, 0.5) is 0 Å². The van der Waals surface area contributed by atoms with Crippen molar-refractivity contribution in [1.29, 1.82) is 0 Å². The highest BCUT2D eigenvalue weighted by molar-refractivity contribution is 7.99. The lowest BCUT2D eigenvalue weighted by Crippen LogP contribution is -2.52. The largest absolute Gasteiger partial charge is 0.394 e. The molecule has 0 aromatic heterocycles. The molecule has 2 aliphatic heterocycles. The average molecular weight is 582 g/mol. The highest BCUT2D eigenvalue weighted by Gasteiger charge is 2.36. The molecule has 2 heterocycles. The molecule has 2 N–H and O–H groups in total. The average Bonchev–Trinajstić information content (AvgIpc) is 3.53. The van der Waals surface area contributed by atoms with Gasteiger partial charge in [0, 0.05) is 24.9 Å². The lowest BCUT2D eigenvalue weighted by Gasteiger charge is -2.28. The van der Waals surface area contributed by atoms with E-state index in [1.54, 1.807) is 53.1 Å². The molecule has 3 aromatic rings. The highest BCUT2D eigenvalue weighted by Crippen LogP contribution is 2.25. The van der Waals surface area contributed by atoms with Crippen molar-refractivity contribution in [2.45, 2.75) is 36.2 Å². The van der Waals surface area contributed by atoms with Crippen molar-refractivity contribution in [3.63, 3.8) is 0 Å². The second-order valence-corrected chi connectivity index (χ2v) is 12.8. The monoisotopic (exact) mass is 581 g/mol. The van der Waals surface area contributed by atoms with E-state index in [9.17, 15) is 27.9 Å². The normalized spacial score (nSPS) is 18.0. The summed E-state index contributed by atoms with van der Waals surface area (Å²) >= 11 is 1.63. The minimum Gasteiger partial charge on any atom is -0.394 e. The first-order valence-corrected chi connectivity index (χ1v) is 15.9. The summed E-state index contributed by atoms with van der Waals surface area (Å²) in [5.74, 6) is 0.368. The van der Waals surface area contributed by atoms with Gasteiger partial charge in [0.05, 0.1) is 22.6 Å². The number of hydrogen-bond acceptors (Lipinski definition) is 7. The number of amides is 3. The van der Waals surface area contributed by atoms with Crippen LogP contribution in [0.2, 0.25) is 0 Å². The van der Waals surface area contributed by atoms with Gasteiger partial charge in [-0.15, -0.1) is 0 Å². The predicted molar refractivity (Wildman–Crippen MR) is 154 cm³/mol. The molecule has 0 saturated carbocycles. The van der Waals surface area contributed by atoms with Crippen molar-refractivity contribution >= 4 is 50.3 Å². The maximum absolute atomic E-state index is 13.3. The fourth-order valence-corrected chi connectivity index (χ4v) is 7.58. The van der Waals surface area contributed by atoms with Crippen LogP contribution in [0.5, 0.6) is 0 Å². The molecular formula is C29H31N3O6S2. The van der Waals surface area contributed by atoms with Gasteiger partial charge < -0.3 is 10.0 Å². The molecule has 1 fully saturated rings. The summed E-state index contributed by atoms with van der Waals surface area (Å²) in [4.78, 5) is 41.3. The molecule has 0 unspecified atom stereocenters. The maximum Gasteiger partial charge on any atom is 0.261 e. The molecule has 9 nitrogen and oxygen atoms in total. The van der Waals surface area contributed by atoms with Crippen LogP contribution in [0.3, 0.4) is 0 Å². The number of likely N-dealkylation sites (tertiary alicyclic amines) is 1. The van der Waals surface area contributed by atoms with Gasteiger partial charge in [0.15, 0.2) is 0 Å². The summed E-state index contributed by atoms with van der Waals surface area (Å²) < 4.78 is 28.5. The fourth-order valence-electron chi connectivity index (χ4n) is 5.24. The highest BCUT2D eigenvalue weighted by atomic mass is 32.2. The van der Waals surface area contributed by atoms with Crippen LogP contribution >= 0.6 is 11.8 Å². The molecule has 11 heteroatoms. The number of carbonyl (C=O) groups is 3. The Balaban J connectivity index is 1.13. The van der Waals surface area contributed by atoms with Crippen molar-refractivity contribution in [3.8, 4) is 0 Å². The number of sulfonamides is 1. The standard InChI is InChI=1S/C29H31N3O6S2/c33-18-26(30-40(37,38)23-13-12-20-7-1-2-8-21(20)17-23)29(36)31-14-5-9-22(31)19-39-16-6-15-32-27(34)24-10-3-4-11-25(24)28(32)35/h1-4,7-8,10-13,17,22,26,30,33H,5-6,9,14-16,18-19H2/t22-,26+/m0/s1. The topological polar surface area (TPSA) is 124 Å². The second-order valence-electron chi connectivity index (χ2n) is 9.93. The van der Waals surface area contributed by atoms with Crippen LogP contribution in [0.1, 0.15) is 40.0 Å². The van der Waals surface area contributed by atoms with Gasteiger partial charge in [-0.3, -0.25) is 19.3 Å². The summed E-state index contributed by atoms with van der Waals surface area (Å²) in [5, 5.41) is 11.6. The first-order chi connectivity index (χ1) is 19.3. The molecule has 0 spiro atoms. The Morgan fingerprint density at radius 3 is 2.38 bits per heavy atom. The van der Waals surface area contributed by atoms with Gasteiger partial charge in [-0.25, -0.2) is 8.42 Å². The summed E-state index contributed by atoms with van der Waals surface area (Å²) in [6, 6.07) is 17.6. The van der Waals surface area contributed by atoms with Crippen molar-refractivity contribution < 1.29 is 27.9 Å². The Hall–Kier alpha value is -3.25. The van der Waals surface area contributed by atoms with E-state index < -0.39 is 28.6 Å². The Morgan fingerprint density at radius 2 is 1.68 bits per heavy atom. The number of imide groups is 1. The third-order valence-electron chi connectivity index (χ3n) is 7.33. The molecule has 5 rings (SSSR count). The van der Waals surface area contributed by atoms with Gasteiger partial charge in [0.2, 0.25) is 15.9 Å². The third-order valence-corrected chi connectivity index (χ3v) is 10.00. The lowest BCUT2D eigenvalue weighted by atomic mass is 10.1. The van der Waals surface area contributed by atoms with Gasteiger partial charge in [-0.1, -0.05) is 42.5 Å². The van der Waals surface area contributed by atoms with E-state index in [0.29, 0.717) is 42.1 Å². The first kappa shape index (κ1) is 28.3. The zero-order valence-electron chi connectivity index (χ0n) is 21.9. The van der Waals surface area contributed by atoms with Crippen LogP contribution in [0, 0.1) is 0 Å². The van der Waals surface area contributed by atoms with E-state index in [-0.39, 0.29) is 22.8 Å². The molecule has 0 bridgehead atoms. The van der Waals surface area contributed by atoms with Crippen molar-refractivity contribution in [1.82, 2.24) is 14.5 Å². The van der Waals surface area contributed by atoms with Gasteiger partial charge in [-0.2, -0.15) is 16.5 Å². The molecule has 40 heavy (non-hydrogen) atoms. The SMILES string of the molecule is O=C1c2ccccc2C(=O)N1CCCSC[C@@H]1CCCN1C(=O)[C@@H](CO)NS(=O)(=O)c1ccc2ccccc2c1. The smallest absolute Gasteiger partial charge is 0.261 e. The summed E-state index contributed by atoms with van der Waals surface area (Å²) in [7, 11) is -4.04. The maximum atomic E-state index is 13.3. The zero-order chi connectivity index (χ0) is 28.3. The number of fused-ring (bicyclic) bond motifs is 2. The van der Waals surface area contributed by atoms with E-state index in [2.05, 4.69) is 4.72 Å². The Labute approximate surface area is 237 Å². The van der Waals surface area contributed by atoms with Crippen LogP contribution in [-0.2, 0) is 14.8 Å². The third kappa shape index (κ3) is 5.78. The molecule has 1 saturated heterocycles. The Morgan fingerprint density at radius 1 is 1.00 bits per heavy atom. The van der Waals surface area contributed by atoms with Crippen LogP contribution in [0.25, 0.3) is 10.8 Å². The van der Waals surface area contributed by atoms with Crippen LogP contribution < -0.4 is 4.72 Å². The molecule has 3 aromatic carbocycles. The number of rotatable bonds is 11. The summed E-state index contributed by atoms with van der Waals surface area (Å²) in [5.41, 5.74) is 0.880. The molecule has 2 atom stereocenters. The molecule has 0 aliphatic carbocycles. The minimum absolute atomic E-state index is 0.0315. The lowest BCUT2D eigenvalue weighted by molar-refractivity contribution is -0.134. The van der Waals surface area contributed by atoms with Gasteiger partial charge in [-0.05, 0) is 60.1 Å². The number of nitrogens with one attached hydrogen (secondary N) is 1. The molecule has 3 amide bonds. The van der Waals surface area contributed by atoms with E-state index in [1.807, 2.05) is 24.3 Å². The van der Waals surface area contributed by atoms with E-state index in [4.69, 9.17) is 0 Å². The van der Waals surface area contributed by atoms with Gasteiger partial charge >= 0.3 is 0 Å². The van der Waals surface area contributed by atoms with E-state index in [1.165, 1.54) is 11.0 Å². The predicted octanol–water partition coefficient (Wildman–Crippen LogP) is 2.89. The van der Waals surface area contributed by atoms with E-state index >= 15 is 0 Å². The van der Waals surface area contributed by atoms with Crippen molar-refractivity contribution in [3.05, 3.63) is 77.9 Å².